The second-order valence-corrected chi connectivity index (χ2v) is 6.98. The van der Waals surface area contributed by atoms with Gasteiger partial charge in [-0.05, 0) is 37.5 Å². The van der Waals surface area contributed by atoms with Gasteiger partial charge in [0.05, 0.1) is 18.2 Å². The normalized spacial score (nSPS) is 14.7. The van der Waals surface area contributed by atoms with Gasteiger partial charge >= 0.3 is 0 Å². The van der Waals surface area contributed by atoms with E-state index in [-0.39, 0.29) is 24.3 Å². The summed E-state index contributed by atoms with van der Waals surface area (Å²) in [6.45, 7) is 5.38. The van der Waals surface area contributed by atoms with Crippen molar-refractivity contribution >= 4 is 23.3 Å². The molecule has 0 saturated carbocycles. The number of pyridine rings is 1. The lowest BCUT2D eigenvalue weighted by molar-refractivity contribution is -0.120. The maximum Gasteiger partial charge on any atom is 0.226 e. The molecule has 0 spiro atoms. The Balaban J connectivity index is 1.73. The maximum atomic E-state index is 12.7. The smallest absolute Gasteiger partial charge is 0.226 e. The standard InChI is InChI=1S/C21H26N4O2/c1-15-7-9-17(10-8-15)19(23-16(2)26)14-20(27)24-18-6-5-11-22-21(18)25-12-3-4-13-25/h5-11,19H,3-4,12-14H2,1-2H3,(H,23,26)(H,24,27). The molecule has 0 aliphatic carbocycles. The first kappa shape index (κ1) is 18.9. The largest absolute Gasteiger partial charge is 0.355 e. The summed E-state index contributed by atoms with van der Waals surface area (Å²) >= 11 is 0. The lowest BCUT2D eigenvalue weighted by Gasteiger charge is -2.21. The summed E-state index contributed by atoms with van der Waals surface area (Å²) in [5.41, 5.74) is 2.77. The molecule has 6 nitrogen and oxygen atoms in total. The minimum absolute atomic E-state index is 0.150. The van der Waals surface area contributed by atoms with Gasteiger partial charge in [-0.15, -0.1) is 0 Å². The summed E-state index contributed by atoms with van der Waals surface area (Å²) in [7, 11) is 0. The van der Waals surface area contributed by atoms with Crippen molar-refractivity contribution < 1.29 is 9.59 Å². The molecule has 1 saturated heterocycles. The van der Waals surface area contributed by atoms with Crippen LogP contribution in [0.2, 0.25) is 0 Å². The summed E-state index contributed by atoms with van der Waals surface area (Å²) in [5, 5.41) is 5.85. The van der Waals surface area contributed by atoms with Crippen molar-refractivity contribution in [3.05, 3.63) is 53.7 Å². The Morgan fingerprint density at radius 1 is 1.15 bits per heavy atom. The third kappa shape index (κ3) is 5.06. The third-order valence-corrected chi connectivity index (χ3v) is 4.71. The minimum atomic E-state index is -0.366. The van der Waals surface area contributed by atoms with E-state index in [4.69, 9.17) is 0 Å². The van der Waals surface area contributed by atoms with Crippen LogP contribution in [0.4, 0.5) is 11.5 Å². The summed E-state index contributed by atoms with van der Waals surface area (Å²) in [6, 6.07) is 11.2. The zero-order valence-corrected chi connectivity index (χ0v) is 15.9. The van der Waals surface area contributed by atoms with Crippen LogP contribution in [0, 0.1) is 6.92 Å². The van der Waals surface area contributed by atoms with Crippen molar-refractivity contribution in [3.8, 4) is 0 Å². The molecule has 1 aliphatic heterocycles. The molecular weight excluding hydrogens is 340 g/mol. The molecule has 1 fully saturated rings. The molecule has 1 unspecified atom stereocenters. The highest BCUT2D eigenvalue weighted by Gasteiger charge is 2.21. The maximum absolute atomic E-state index is 12.7. The first-order valence-corrected chi connectivity index (χ1v) is 9.36. The summed E-state index contributed by atoms with van der Waals surface area (Å²) < 4.78 is 0. The molecule has 3 rings (SSSR count). The Morgan fingerprint density at radius 2 is 1.85 bits per heavy atom. The SMILES string of the molecule is CC(=O)NC(CC(=O)Nc1cccnc1N1CCCC1)c1ccc(C)cc1. The molecular formula is C21H26N4O2. The average molecular weight is 366 g/mol. The highest BCUT2D eigenvalue weighted by atomic mass is 16.2. The molecule has 1 aromatic heterocycles. The lowest BCUT2D eigenvalue weighted by Crippen LogP contribution is -2.30. The lowest BCUT2D eigenvalue weighted by atomic mass is 10.0. The molecule has 0 radical (unpaired) electrons. The van der Waals surface area contributed by atoms with E-state index in [1.54, 1.807) is 6.20 Å². The number of carbonyl (C=O) groups excluding carboxylic acids is 2. The minimum Gasteiger partial charge on any atom is -0.355 e. The van der Waals surface area contributed by atoms with Crippen LogP contribution >= 0.6 is 0 Å². The molecule has 6 heteroatoms. The average Bonchev–Trinajstić information content (AvgIpc) is 3.16. The van der Waals surface area contributed by atoms with Crippen LogP contribution in [0.15, 0.2) is 42.6 Å². The second-order valence-electron chi connectivity index (χ2n) is 6.98. The molecule has 2 amide bonds. The topological polar surface area (TPSA) is 74.3 Å². The van der Waals surface area contributed by atoms with E-state index < -0.39 is 0 Å². The molecule has 2 heterocycles. The van der Waals surface area contributed by atoms with Gasteiger partial charge in [0.25, 0.3) is 0 Å². The van der Waals surface area contributed by atoms with Crippen molar-refractivity contribution in [2.24, 2.45) is 0 Å². The molecule has 142 valence electrons. The monoisotopic (exact) mass is 366 g/mol. The Labute approximate surface area is 160 Å². The van der Waals surface area contributed by atoms with E-state index >= 15 is 0 Å². The predicted octanol–water partition coefficient (Wildman–Crippen LogP) is 3.20. The van der Waals surface area contributed by atoms with E-state index in [1.165, 1.54) is 6.92 Å². The number of aryl methyl sites for hydroxylation is 1. The summed E-state index contributed by atoms with van der Waals surface area (Å²) in [4.78, 5) is 31.0. The van der Waals surface area contributed by atoms with Crippen LogP contribution in [0.25, 0.3) is 0 Å². The van der Waals surface area contributed by atoms with Crippen molar-refractivity contribution in [2.75, 3.05) is 23.3 Å². The van der Waals surface area contributed by atoms with Crippen LogP contribution in [-0.2, 0) is 9.59 Å². The number of hydrogen-bond acceptors (Lipinski definition) is 4. The van der Waals surface area contributed by atoms with E-state index in [0.717, 1.165) is 48.6 Å². The van der Waals surface area contributed by atoms with Crippen molar-refractivity contribution in [1.82, 2.24) is 10.3 Å². The Bertz CT molecular complexity index is 798. The van der Waals surface area contributed by atoms with Crippen LogP contribution in [0.5, 0.6) is 0 Å². The number of carbonyl (C=O) groups is 2. The first-order valence-electron chi connectivity index (χ1n) is 9.36. The molecule has 0 bridgehead atoms. The van der Waals surface area contributed by atoms with Crippen molar-refractivity contribution in [3.63, 3.8) is 0 Å². The third-order valence-electron chi connectivity index (χ3n) is 4.71. The fourth-order valence-electron chi connectivity index (χ4n) is 3.36. The number of amides is 2. The second kappa shape index (κ2) is 8.66. The fraction of sp³-hybridized carbons (Fsp3) is 0.381. The van der Waals surface area contributed by atoms with Crippen LogP contribution in [-0.4, -0.2) is 29.9 Å². The first-order chi connectivity index (χ1) is 13.0. The van der Waals surface area contributed by atoms with Crippen LogP contribution < -0.4 is 15.5 Å². The molecule has 27 heavy (non-hydrogen) atoms. The van der Waals surface area contributed by atoms with Gasteiger partial charge in [-0.1, -0.05) is 29.8 Å². The van der Waals surface area contributed by atoms with E-state index in [2.05, 4.69) is 20.5 Å². The number of aromatic nitrogens is 1. The van der Waals surface area contributed by atoms with Gasteiger partial charge in [-0.25, -0.2) is 4.98 Å². The fourth-order valence-corrected chi connectivity index (χ4v) is 3.36. The zero-order chi connectivity index (χ0) is 19.2. The van der Waals surface area contributed by atoms with Gasteiger partial charge < -0.3 is 15.5 Å². The summed E-state index contributed by atoms with van der Waals surface area (Å²) in [6.07, 6.45) is 4.19. The quantitative estimate of drug-likeness (QED) is 0.823. The van der Waals surface area contributed by atoms with E-state index in [9.17, 15) is 9.59 Å². The molecule has 1 aromatic carbocycles. The molecule has 1 atom stereocenters. The number of anilines is 2. The van der Waals surface area contributed by atoms with Gasteiger partial charge in [0.15, 0.2) is 5.82 Å². The van der Waals surface area contributed by atoms with E-state index in [0.29, 0.717) is 0 Å². The molecule has 2 N–H and O–H groups in total. The van der Waals surface area contributed by atoms with Gasteiger partial charge in [-0.3, -0.25) is 9.59 Å². The number of nitrogens with one attached hydrogen (secondary N) is 2. The Hall–Kier alpha value is -2.89. The highest BCUT2D eigenvalue weighted by Crippen LogP contribution is 2.27. The van der Waals surface area contributed by atoms with Crippen LogP contribution in [0.3, 0.4) is 0 Å². The van der Waals surface area contributed by atoms with Gasteiger partial charge in [0.1, 0.15) is 0 Å². The van der Waals surface area contributed by atoms with Gasteiger partial charge in [0.2, 0.25) is 11.8 Å². The number of benzene rings is 1. The van der Waals surface area contributed by atoms with Crippen molar-refractivity contribution in [2.45, 2.75) is 39.2 Å². The molecule has 2 aromatic rings. The van der Waals surface area contributed by atoms with Crippen LogP contribution in [0.1, 0.15) is 43.4 Å². The number of rotatable bonds is 6. The van der Waals surface area contributed by atoms with Gasteiger partial charge in [0, 0.05) is 26.2 Å². The predicted molar refractivity (Wildman–Crippen MR) is 107 cm³/mol. The number of hydrogen-bond donors (Lipinski definition) is 2. The Morgan fingerprint density at radius 3 is 2.52 bits per heavy atom. The van der Waals surface area contributed by atoms with Crippen molar-refractivity contribution in [1.29, 1.82) is 0 Å². The molecule has 1 aliphatic rings. The summed E-state index contributed by atoms with van der Waals surface area (Å²) in [5.74, 6) is 0.505. The zero-order valence-electron chi connectivity index (χ0n) is 15.9. The van der Waals surface area contributed by atoms with Gasteiger partial charge in [-0.2, -0.15) is 0 Å². The van der Waals surface area contributed by atoms with E-state index in [1.807, 2.05) is 43.3 Å². The number of nitrogens with zero attached hydrogens (tertiary/aromatic N) is 2. The highest BCUT2D eigenvalue weighted by molar-refractivity contribution is 5.94. The Kier molecular flexibility index (Phi) is 6.06.